The van der Waals surface area contributed by atoms with Crippen molar-refractivity contribution in [2.75, 3.05) is 26.2 Å². The second-order valence-corrected chi connectivity index (χ2v) is 10.5. The molecule has 2 unspecified atom stereocenters. The molecule has 2 aromatic carbocycles. The molecule has 7 nitrogen and oxygen atoms in total. The molecule has 1 amide bonds. The lowest BCUT2D eigenvalue weighted by atomic mass is 10.0. The van der Waals surface area contributed by atoms with Crippen LogP contribution in [0.1, 0.15) is 35.6 Å². The molecule has 0 saturated carbocycles. The van der Waals surface area contributed by atoms with E-state index in [1.807, 2.05) is 30.3 Å². The van der Waals surface area contributed by atoms with Crippen LogP contribution < -0.4 is 10.9 Å². The second-order valence-electron chi connectivity index (χ2n) is 8.55. The van der Waals surface area contributed by atoms with Crippen molar-refractivity contribution < 1.29 is 13.2 Å². The summed E-state index contributed by atoms with van der Waals surface area (Å²) in [6, 6.07) is 15.4. The van der Waals surface area contributed by atoms with Crippen molar-refractivity contribution in [3.63, 3.8) is 0 Å². The van der Waals surface area contributed by atoms with E-state index in [-0.39, 0.29) is 18.0 Å². The van der Waals surface area contributed by atoms with Crippen molar-refractivity contribution in [3.8, 4) is 0 Å². The minimum Gasteiger partial charge on any atom is -0.339 e. The molecule has 3 aliphatic rings. The van der Waals surface area contributed by atoms with E-state index in [0.29, 0.717) is 37.5 Å². The van der Waals surface area contributed by atoms with Crippen LogP contribution >= 0.6 is 0 Å². The minimum atomic E-state index is -3.53. The van der Waals surface area contributed by atoms with Crippen molar-refractivity contribution in [1.82, 2.24) is 20.1 Å². The van der Waals surface area contributed by atoms with Gasteiger partial charge in [-0.1, -0.05) is 36.4 Å². The Kier molecular flexibility index (Phi) is 5.56. The predicted molar refractivity (Wildman–Crippen MR) is 118 cm³/mol. The lowest BCUT2D eigenvalue weighted by molar-refractivity contribution is -0.134. The number of benzene rings is 2. The molecule has 0 aromatic heterocycles. The van der Waals surface area contributed by atoms with Crippen LogP contribution in [0.15, 0.2) is 53.4 Å². The third-order valence-corrected chi connectivity index (χ3v) is 8.56. The van der Waals surface area contributed by atoms with Crippen molar-refractivity contribution >= 4 is 15.9 Å². The third-order valence-electron chi connectivity index (χ3n) is 6.66. The Hall–Kier alpha value is -2.26. The van der Waals surface area contributed by atoms with E-state index in [1.165, 1.54) is 9.87 Å². The van der Waals surface area contributed by atoms with E-state index < -0.39 is 10.0 Å². The summed E-state index contributed by atoms with van der Waals surface area (Å²) < 4.78 is 27.8. The Morgan fingerprint density at radius 1 is 0.903 bits per heavy atom. The maximum absolute atomic E-state index is 13.1. The number of sulfonamides is 1. The number of carbonyl (C=O) groups excluding carboxylic acids is 1. The highest BCUT2D eigenvalue weighted by Gasteiger charge is 2.36. The molecule has 0 spiro atoms. The van der Waals surface area contributed by atoms with Gasteiger partial charge in [0, 0.05) is 32.2 Å². The van der Waals surface area contributed by atoms with Crippen molar-refractivity contribution in [2.24, 2.45) is 0 Å². The molecule has 0 radical (unpaired) electrons. The molecule has 8 heteroatoms. The van der Waals surface area contributed by atoms with Crippen molar-refractivity contribution in [2.45, 2.75) is 42.7 Å². The highest BCUT2D eigenvalue weighted by molar-refractivity contribution is 7.89. The van der Waals surface area contributed by atoms with Gasteiger partial charge < -0.3 is 4.90 Å². The van der Waals surface area contributed by atoms with Crippen LogP contribution in [0.3, 0.4) is 0 Å². The van der Waals surface area contributed by atoms with E-state index >= 15 is 0 Å². The lowest BCUT2D eigenvalue weighted by Gasteiger charge is -2.35. The van der Waals surface area contributed by atoms with Crippen molar-refractivity contribution in [1.29, 1.82) is 0 Å². The number of amides is 1. The van der Waals surface area contributed by atoms with Gasteiger partial charge in [-0.05, 0) is 54.5 Å². The highest BCUT2D eigenvalue weighted by atomic mass is 32.2. The first-order valence-electron chi connectivity index (χ1n) is 11.0. The molecule has 2 saturated heterocycles. The number of hydrazine groups is 1. The van der Waals surface area contributed by atoms with Crippen LogP contribution in [0.2, 0.25) is 0 Å². The summed E-state index contributed by atoms with van der Waals surface area (Å²) in [5.41, 5.74) is 9.90. The smallest absolute Gasteiger partial charge is 0.243 e. The van der Waals surface area contributed by atoms with Gasteiger partial charge in [-0.2, -0.15) is 4.31 Å². The molecule has 0 bridgehead atoms. The van der Waals surface area contributed by atoms with Gasteiger partial charge in [0.05, 0.1) is 4.90 Å². The third kappa shape index (κ3) is 4.01. The average Bonchev–Trinajstić information content (AvgIpc) is 3.48. The molecular formula is C23H28N4O3S. The van der Waals surface area contributed by atoms with Gasteiger partial charge in [0.1, 0.15) is 6.04 Å². The van der Waals surface area contributed by atoms with E-state index in [9.17, 15) is 13.2 Å². The van der Waals surface area contributed by atoms with Crippen LogP contribution in [-0.4, -0.2) is 55.8 Å². The topological polar surface area (TPSA) is 81.8 Å². The minimum absolute atomic E-state index is 0.0282. The molecule has 2 aromatic rings. The summed E-state index contributed by atoms with van der Waals surface area (Å²) in [6.45, 7) is 1.48. The maximum atomic E-state index is 13.1. The Morgan fingerprint density at radius 2 is 1.65 bits per heavy atom. The molecule has 2 atom stereocenters. The Bertz CT molecular complexity index is 1070. The molecule has 31 heavy (non-hydrogen) atoms. The first-order chi connectivity index (χ1) is 15.0. The van der Waals surface area contributed by atoms with Crippen LogP contribution in [0.25, 0.3) is 0 Å². The van der Waals surface area contributed by atoms with Crippen LogP contribution in [0.5, 0.6) is 0 Å². The van der Waals surface area contributed by atoms with Gasteiger partial charge in [0.25, 0.3) is 0 Å². The molecule has 2 fully saturated rings. The molecule has 1 aliphatic carbocycles. The summed E-state index contributed by atoms with van der Waals surface area (Å²) in [4.78, 5) is 15.1. The lowest BCUT2D eigenvalue weighted by Crippen LogP contribution is -2.54. The fourth-order valence-corrected chi connectivity index (χ4v) is 6.32. The predicted octanol–water partition coefficient (Wildman–Crippen LogP) is 1.62. The number of carbonyl (C=O) groups is 1. The Balaban J connectivity index is 1.20. The van der Waals surface area contributed by atoms with E-state index in [2.05, 4.69) is 23.0 Å². The Labute approximate surface area is 183 Å². The zero-order valence-electron chi connectivity index (χ0n) is 17.5. The fraction of sp³-hybridized carbons (Fsp3) is 0.435. The van der Waals surface area contributed by atoms with E-state index in [0.717, 1.165) is 30.4 Å². The van der Waals surface area contributed by atoms with Crippen LogP contribution in [0.4, 0.5) is 0 Å². The number of fused-ring (bicyclic) bond motifs is 1. The van der Waals surface area contributed by atoms with E-state index in [4.69, 9.17) is 0 Å². The zero-order chi connectivity index (χ0) is 21.4. The summed E-state index contributed by atoms with van der Waals surface area (Å²) >= 11 is 0. The van der Waals surface area contributed by atoms with Crippen LogP contribution in [0, 0.1) is 0 Å². The van der Waals surface area contributed by atoms with Crippen LogP contribution in [-0.2, 0) is 27.7 Å². The van der Waals surface area contributed by atoms with Gasteiger partial charge >= 0.3 is 0 Å². The average molecular weight is 441 g/mol. The van der Waals surface area contributed by atoms with Crippen molar-refractivity contribution in [3.05, 3.63) is 65.2 Å². The van der Waals surface area contributed by atoms with Gasteiger partial charge in [-0.15, -0.1) is 0 Å². The number of hydrogen-bond acceptors (Lipinski definition) is 5. The largest absolute Gasteiger partial charge is 0.339 e. The van der Waals surface area contributed by atoms with Gasteiger partial charge in [-0.3, -0.25) is 4.79 Å². The molecule has 5 rings (SSSR count). The number of piperazine rings is 1. The van der Waals surface area contributed by atoms with E-state index in [1.54, 1.807) is 11.0 Å². The normalized spacial score (nSPS) is 24.3. The number of hydrogen-bond donors (Lipinski definition) is 2. The Morgan fingerprint density at radius 3 is 2.42 bits per heavy atom. The molecule has 2 N–H and O–H groups in total. The first-order valence-corrected chi connectivity index (χ1v) is 12.4. The first kappa shape index (κ1) is 20.6. The van der Waals surface area contributed by atoms with Gasteiger partial charge in [-0.25, -0.2) is 19.3 Å². The summed E-state index contributed by atoms with van der Waals surface area (Å²) in [5.74, 6) is 0.0282. The summed E-state index contributed by atoms with van der Waals surface area (Å²) in [7, 11) is -3.53. The number of nitrogens with zero attached hydrogens (tertiary/aromatic N) is 2. The standard InChI is InChI=1S/C23H28N4O3S/c28-23(22-16-21(24-25-22)18-5-2-1-3-6-18)26-11-13-27(14-12-26)31(29,30)20-10-9-17-7-4-8-19(17)15-20/h1-3,5-6,9-10,15,21-22,24-25H,4,7-8,11-14,16H2. The maximum Gasteiger partial charge on any atom is 0.243 e. The zero-order valence-corrected chi connectivity index (χ0v) is 18.3. The SMILES string of the molecule is O=C(C1CC(c2ccccc2)NN1)N1CCN(S(=O)(=O)c2ccc3c(c2)CCC3)CC1. The monoisotopic (exact) mass is 440 g/mol. The molecule has 2 heterocycles. The number of aryl methyl sites for hydroxylation is 2. The second kappa shape index (κ2) is 8.35. The molecule has 2 aliphatic heterocycles. The van der Waals surface area contributed by atoms with Gasteiger partial charge in [0.15, 0.2) is 0 Å². The summed E-state index contributed by atoms with van der Waals surface area (Å²) in [6.07, 6.45) is 3.75. The summed E-state index contributed by atoms with van der Waals surface area (Å²) in [5, 5.41) is 0. The molecular weight excluding hydrogens is 412 g/mol. The molecule has 164 valence electrons. The fourth-order valence-electron chi connectivity index (χ4n) is 4.85. The number of nitrogens with one attached hydrogen (secondary N) is 2. The quantitative estimate of drug-likeness (QED) is 0.755. The van der Waals surface area contributed by atoms with Gasteiger partial charge in [0.2, 0.25) is 15.9 Å². The highest BCUT2D eigenvalue weighted by Crippen LogP contribution is 2.27. The number of rotatable bonds is 4.